The predicted molar refractivity (Wildman–Crippen MR) is 82.6 cm³/mol. The molecule has 1 atom stereocenters. The van der Waals surface area contributed by atoms with Gasteiger partial charge in [-0.3, -0.25) is 4.79 Å². The molecular formula is C16H18N2O3. The summed E-state index contributed by atoms with van der Waals surface area (Å²) in [5.41, 5.74) is 6.92. The van der Waals surface area contributed by atoms with Crippen molar-refractivity contribution in [2.75, 3.05) is 18.2 Å². The number of benzene rings is 2. The third-order valence-corrected chi connectivity index (χ3v) is 2.88. The van der Waals surface area contributed by atoms with E-state index in [2.05, 4.69) is 5.32 Å². The number of nitrogens with one attached hydrogen (secondary N) is 1. The molecule has 3 N–H and O–H groups in total. The van der Waals surface area contributed by atoms with E-state index in [0.29, 0.717) is 22.9 Å². The van der Waals surface area contributed by atoms with Crippen LogP contribution in [0.25, 0.3) is 0 Å². The molecule has 0 saturated carbocycles. The number of carbonyl (C=O) groups is 1. The fraction of sp³-hybridized carbons (Fsp3) is 0.188. The van der Waals surface area contributed by atoms with E-state index in [1.54, 1.807) is 56.5 Å². The quantitative estimate of drug-likeness (QED) is 0.829. The maximum atomic E-state index is 12.1. The SMILES string of the molecule is COc1cccc(NC(=O)[C@H](C)Oc2cccc(N)c2)c1. The highest BCUT2D eigenvalue weighted by Gasteiger charge is 2.15. The first-order chi connectivity index (χ1) is 10.1. The highest BCUT2D eigenvalue weighted by molar-refractivity contribution is 5.94. The van der Waals surface area contributed by atoms with Gasteiger partial charge in [0.05, 0.1) is 7.11 Å². The van der Waals surface area contributed by atoms with Gasteiger partial charge in [-0.15, -0.1) is 0 Å². The molecule has 0 heterocycles. The standard InChI is InChI=1S/C16H18N2O3/c1-11(21-15-8-3-5-12(17)9-15)16(19)18-13-6-4-7-14(10-13)20-2/h3-11H,17H2,1-2H3,(H,18,19)/t11-/m0/s1. The summed E-state index contributed by atoms with van der Waals surface area (Å²) in [4.78, 5) is 12.1. The Morgan fingerprint density at radius 2 is 1.86 bits per heavy atom. The fourth-order valence-corrected chi connectivity index (χ4v) is 1.79. The first-order valence-electron chi connectivity index (χ1n) is 6.55. The highest BCUT2D eigenvalue weighted by atomic mass is 16.5. The number of anilines is 2. The number of carbonyl (C=O) groups excluding carboxylic acids is 1. The molecule has 2 aromatic rings. The molecular weight excluding hydrogens is 268 g/mol. The molecule has 0 aliphatic rings. The average molecular weight is 286 g/mol. The zero-order valence-electron chi connectivity index (χ0n) is 12.0. The van der Waals surface area contributed by atoms with Gasteiger partial charge in [-0.05, 0) is 31.2 Å². The summed E-state index contributed by atoms with van der Waals surface area (Å²) in [5, 5.41) is 2.78. The minimum Gasteiger partial charge on any atom is -0.497 e. The Bertz CT molecular complexity index is 628. The summed E-state index contributed by atoms with van der Waals surface area (Å²) in [5.74, 6) is 0.992. The molecule has 0 saturated heterocycles. The minimum absolute atomic E-state index is 0.245. The molecule has 0 fully saturated rings. The molecule has 21 heavy (non-hydrogen) atoms. The van der Waals surface area contributed by atoms with Crippen LogP contribution in [-0.2, 0) is 4.79 Å². The summed E-state index contributed by atoms with van der Waals surface area (Å²) in [6.45, 7) is 1.68. The first kappa shape index (κ1) is 14.7. The number of nitrogens with two attached hydrogens (primary N) is 1. The van der Waals surface area contributed by atoms with Crippen LogP contribution in [0.5, 0.6) is 11.5 Å². The van der Waals surface area contributed by atoms with Crippen molar-refractivity contribution in [1.29, 1.82) is 0 Å². The second-order valence-electron chi connectivity index (χ2n) is 4.55. The topological polar surface area (TPSA) is 73.6 Å². The van der Waals surface area contributed by atoms with Crippen molar-refractivity contribution < 1.29 is 14.3 Å². The van der Waals surface area contributed by atoms with Crippen molar-refractivity contribution in [2.45, 2.75) is 13.0 Å². The molecule has 0 bridgehead atoms. The summed E-state index contributed by atoms with van der Waals surface area (Å²) >= 11 is 0. The van der Waals surface area contributed by atoms with E-state index >= 15 is 0 Å². The van der Waals surface area contributed by atoms with Crippen LogP contribution in [0.2, 0.25) is 0 Å². The van der Waals surface area contributed by atoms with Crippen LogP contribution in [-0.4, -0.2) is 19.1 Å². The number of amides is 1. The van der Waals surface area contributed by atoms with E-state index in [4.69, 9.17) is 15.2 Å². The fourth-order valence-electron chi connectivity index (χ4n) is 1.79. The van der Waals surface area contributed by atoms with Gasteiger partial charge in [-0.2, -0.15) is 0 Å². The summed E-state index contributed by atoms with van der Waals surface area (Å²) in [6, 6.07) is 14.1. The number of ether oxygens (including phenoxy) is 2. The molecule has 0 unspecified atom stereocenters. The van der Waals surface area contributed by atoms with E-state index in [0.717, 1.165) is 0 Å². The Morgan fingerprint density at radius 3 is 2.57 bits per heavy atom. The van der Waals surface area contributed by atoms with Crippen LogP contribution < -0.4 is 20.5 Å². The van der Waals surface area contributed by atoms with E-state index in [1.807, 2.05) is 6.07 Å². The summed E-state index contributed by atoms with van der Waals surface area (Å²) in [7, 11) is 1.58. The second-order valence-corrected chi connectivity index (χ2v) is 4.55. The predicted octanol–water partition coefficient (Wildman–Crippen LogP) is 2.68. The van der Waals surface area contributed by atoms with Crippen LogP contribution in [0, 0.1) is 0 Å². The Hall–Kier alpha value is -2.69. The van der Waals surface area contributed by atoms with Gasteiger partial charge in [0, 0.05) is 23.5 Å². The second kappa shape index (κ2) is 6.65. The molecule has 0 aromatic heterocycles. The normalized spacial score (nSPS) is 11.5. The van der Waals surface area contributed by atoms with Crippen LogP contribution in [0.15, 0.2) is 48.5 Å². The van der Waals surface area contributed by atoms with Crippen LogP contribution >= 0.6 is 0 Å². The maximum Gasteiger partial charge on any atom is 0.265 e. The van der Waals surface area contributed by atoms with E-state index in [9.17, 15) is 4.79 Å². The number of nitrogen functional groups attached to an aromatic ring is 1. The molecule has 0 radical (unpaired) electrons. The van der Waals surface area contributed by atoms with Crippen molar-refractivity contribution >= 4 is 17.3 Å². The van der Waals surface area contributed by atoms with Crippen molar-refractivity contribution in [3.8, 4) is 11.5 Å². The van der Waals surface area contributed by atoms with Gasteiger partial charge >= 0.3 is 0 Å². The van der Waals surface area contributed by atoms with E-state index in [-0.39, 0.29) is 5.91 Å². The average Bonchev–Trinajstić information content (AvgIpc) is 2.47. The van der Waals surface area contributed by atoms with E-state index in [1.165, 1.54) is 0 Å². The van der Waals surface area contributed by atoms with Crippen LogP contribution in [0.3, 0.4) is 0 Å². The number of hydrogen-bond acceptors (Lipinski definition) is 4. The molecule has 5 heteroatoms. The van der Waals surface area contributed by atoms with Gasteiger partial charge in [0.15, 0.2) is 6.10 Å². The Morgan fingerprint density at radius 1 is 1.14 bits per heavy atom. The van der Waals surface area contributed by atoms with Gasteiger partial charge in [0.25, 0.3) is 5.91 Å². The van der Waals surface area contributed by atoms with Gasteiger partial charge in [-0.1, -0.05) is 12.1 Å². The van der Waals surface area contributed by atoms with Gasteiger partial charge in [0.1, 0.15) is 11.5 Å². The number of rotatable bonds is 5. The highest BCUT2D eigenvalue weighted by Crippen LogP contribution is 2.19. The Labute approximate surface area is 123 Å². The largest absolute Gasteiger partial charge is 0.497 e. The monoisotopic (exact) mass is 286 g/mol. The minimum atomic E-state index is -0.641. The first-order valence-corrected chi connectivity index (χ1v) is 6.55. The lowest BCUT2D eigenvalue weighted by Gasteiger charge is -2.15. The van der Waals surface area contributed by atoms with Crippen LogP contribution in [0.4, 0.5) is 11.4 Å². The summed E-state index contributed by atoms with van der Waals surface area (Å²) in [6.07, 6.45) is -0.641. The molecule has 0 aliphatic carbocycles. The third-order valence-electron chi connectivity index (χ3n) is 2.88. The van der Waals surface area contributed by atoms with Crippen molar-refractivity contribution in [2.24, 2.45) is 0 Å². The van der Waals surface area contributed by atoms with Crippen molar-refractivity contribution in [3.63, 3.8) is 0 Å². The molecule has 1 amide bonds. The lowest BCUT2D eigenvalue weighted by atomic mass is 10.2. The van der Waals surface area contributed by atoms with Crippen molar-refractivity contribution in [3.05, 3.63) is 48.5 Å². The zero-order valence-corrected chi connectivity index (χ0v) is 12.0. The smallest absolute Gasteiger partial charge is 0.265 e. The number of hydrogen-bond donors (Lipinski definition) is 2. The molecule has 0 spiro atoms. The van der Waals surface area contributed by atoms with Gasteiger partial charge in [0.2, 0.25) is 0 Å². The zero-order chi connectivity index (χ0) is 15.2. The lowest BCUT2D eigenvalue weighted by Crippen LogP contribution is -2.30. The van der Waals surface area contributed by atoms with Gasteiger partial charge in [-0.25, -0.2) is 0 Å². The molecule has 110 valence electrons. The third kappa shape index (κ3) is 4.14. The molecule has 2 rings (SSSR count). The Balaban J connectivity index is 1.99. The maximum absolute atomic E-state index is 12.1. The number of methoxy groups -OCH3 is 1. The van der Waals surface area contributed by atoms with E-state index < -0.39 is 6.10 Å². The van der Waals surface area contributed by atoms with Crippen LogP contribution in [0.1, 0.15) is 6.92 Å². The Kier molecular flexibility index (Phi) is 4.66. The molecule has 5 nitrogen and oxygen atoms in total. The lowest BCUT2D eigenvalue weighted by molar-refractivity contribution is -0.122. The summed E-state index contributed by atoms with van der Waals surface area (Å²) < 4.78 is 10.7. The molecule has 0 aliphatic heterocycles. The molecule has 2 aromatic carbocycles. The van der Waals surface area contributed by atoms with Gasteiger partial charge < -0.3 is 20.5 Å². The van der Waals surface area contributed by atoms with Crippen molar-refractivity contribution in [1.82, 2.24) is 0 Å².